The van der Waals surface area contributed by atoms with E-state index in [1.807, 2.05) is 70.4 Å². The lowest BCUT2D eigenvalue weighted by molar-refractivity contribution is 0.686. The van der Waals surface area contributed by atoms with Gasteiger partial charge in [0.05, 0.1) is 25.5 Å². The number of halogens is 1. The lowest BCUT2D eigenvalue weighted by Crippen LogP contribution is -1.99. The first-order valence-electron chi connectivity index (χ1n) is 8.10. The zero-order valence-electron chi connectivity index (χ0n) is 13.6. The molecule has 0 unspecified atom stereocenters. The molecule has 0 saturated heterocycles. The van der Waals surface area contributed by atoms with E-state index in [-0.39, 0.29) is 0 Å². The van der Waals surface area contributed by atoms with E-state index >= 15 is 0 Å². The van der Waals surface area contributed by atoms with Crippen molar-refractivity contribution in [2.24, 2.45) is 0 Å². The second-order valence-corrected chi connectivity index (χ2v) is 6.40. The first kappa shape index (κ1) is 15.7. The van der Waals surface area contributed by atoms with E-state index in [1.165, 1.54) is 11.1 Å². The predicted molar refractivity (Wildman–Crippen MR) is 99.5 cm³/mol. The zero-order chi connectivity index (χ0) is 17.1. The quantitative estimate of drug-likeness (QED) is 0.532. The Morgan fingerprint density at radius 2 is 1.20 bits per heavy atom. The average Bonchev–Trinajstić information content (AvgIpc) is 3.27. The fourth-order valence-electron chi connectivity index (χ4n) is 2.75. The second-order valence-electron chi connectivity index (χ2n) is 5.97. The molecule has 124 valence electrons. The predicted octanol–water partition coefficient (Wildman–Crippen LogP) is 4.50. The van der Waals surface area contributed by atoms with Crippen LogP contribution in [0.1, 0.15) is 11.1 Å². The number of aromatic nitrogens is 4. The highest BCUT2D eigenvalue weighted by Gasteiger charge is 2.06. The zero-order valence-corrected chi connectivity index (χ0v) is 14.3. The summed E-state index contributed by atoms with van der Waals surface area (Å²) in [4.78, 5) is 0. The van der Waals surface area contributed by atoms with Gasteiger partial charge in [0.1, 0.15) is 0 Å². The molecule has 0 aliphatic rings. The minimum Gasteiger partial charge on any atom is -0.268 e. The summed E-state index contributed by atoms with van der Waals surface area (Å²) >= 11 is 5.93. The Hall–Kier alpha value is -2.85. The van der Waals surface area contributed by atoms with Crippen molar-refractivity contribution in [1.82, 2.24) is 19.6 Å². The molecular formula is C20H17ClN4. The topological polar surface area (TPSA) is 35.6 Å². The number of hydrogen-bond acceptors (Lipinski definition) is 2. The molecule has 0 amide bonds. The maximum atomic E-state index is 5.93. The summed E-state index contributed by atoms with van der Waals surface area (Å²) in [5, 5.41) is 9.65. The smallest absolute Gasteiger partial charge is 0.0659 e. The SMILES string of the molecule is Clc1ccc(Cn2cc(-c3cnn(Cc4ccccc4)c3)cn2)cc1. The molecular weight excluding hydrogens is 332 g/mol. The largest absolute Gasteiger partial charge is 0.268 e. The molecule has 0 spiro atoms. The van der Waals surface area contributed by atoms with Gasteiger partial charge < -0.3 is 0 Å². The summed E-state index contributed by atoms with van der Waals surface area (Å²) in [5.41, 5.74) is 4.53. The van der Waals surface area contributed by atoms with Crippen LogP contribution in [0.2, 0.25) is 5.02 Å². The van der Waals surface area contributed by atoms with Gasteiger partial charge in [-0.05, 0) is 23.3 Å². The molecule has 2 heterocycles. The van der Waals surface area contributed by atoms with Gasteiger partial charge >= 0.3 is 0 Å². The fourth-order valence-corrected chi connectivity index (χ4v) is 2.87. The Morgan fingerprint density at radius 1 is 0.680 bits per heavy atom. The van der Waals surface area contributed by atoms with Gasteiger partial charge in [-0.3, -0.25) is 9.36 Å². The minimum atomic E-state index is 0.718. The number of nitrogens with zero attached hydrogens (tertiary/aromatic N) is 4. The molecule has 4 aromatic rings. The third-order valence-corrected chi connectivity index (χ3v) is 4.30. The maximum Gasteiger partial charge on any atom is 0.0659 e. The van der Waals surface area contributed by atoms with Crippen molar-refractivity contribution in [3.8, 4) is 11.1 Å². The summed E-state index contributed by atoms with van der Waals surface area (Å²) in [5.74, 6) is 0. The van der Waals surface area contributed by atoms with Crippen LogP contribution in [0.25, 0.3) is 11.1 Å². The van der Waals surface area contributed by atoms with Gasteiger partial charge in [0.25, 0.3) is 0 Å². The first-order valence-corrected chi connectivity index (χ1v) is 8.48. The molecule has 4 rings (SSSR count). The molecule has 0 bridgehead atoms. The molecule has 0 aliphatic heterocycles. The summed E-state index contributed by atoms with van der Waals surface area (Å²) in [6, 6.07) is 18.1. The van der Waals surface area contributed by atoms with Gasteiger partial charge in [-0.2, -0.15) is 10.2 Å². The fraction of sp³-hybridized carbons (Fsp3) is 0.100. The normalized spacial score (nSPS) is 10.9. The third kappa shape index (κ3) is 3.80. The van der Waals surface area contributed by atoms with Crippen LogP contribution < -0.4 is 0 Å². The lowest BCUT2D eigenvalue weighted by Gasteiger charge is -2.01. The van der Waals surface area contributed by atoms with Gasteiger partial charge in [0, 0.05) is 28.5 Å². The molecule has 2 aromatic carbocycles. The standard InChI is InChI=1S/C20H17ClN4/c21-20-8-6-17(7-9-20)13-25-15-19(11-23-25)18-10-22-24(14-18)12-16-4-2-1-3-5-16/h1-11,14-15H,12-13H2. The van der Waals surface area contributed by atoms with Gasteiger partial charge in [-0.15, -0.1) is 0 Å². The molecule has 0 saturated carbocycles. The van der Waals surface area contributed by atoms with Gasteiger partial charge in [-0.1, -0.05) is 54.1 Å². The van der Waals surface area contributed by atoms with E-state index in [0.717, 1.165) is 29.2 Å². The lowest BCUT2D eigenvalue weighted by atomic mass is 10.2. The molecule has 4 nitrogen and oxygen atoms in total. The molecule has 2 aromatic heterocycles. The Bertz CT molecular complexity index is 955. The van der Waals surface area contributed by atoms with Crippen LogP contribution in [0.4, 0.5) is 0 Å². The number of benzene rings is 2. The summed E-state index contributed by atoms with van der Waals surface area (Å²) in [7, 11) is 0. The average molecular weight is 349 g/mol. The van der Waals surface area contributed by atoms with Crippen LogP contribution in [-0.2, 0) is 13.1 Å². The van der Waals surface area contributed by atoms with Crippen molar-refractivity contribution in [3.63, 3.8) is 0 Å². The van der Waals surface area contributed by atoms with E-state index in [1.54, 1.807) is 0 Å². The highest BCUT2D eigenvalue weighted by Crippen LogP contribution is 2.19. The Balaban J connectivity index is 1.47. The van der Waals surface area contributed by atoms with Crippen LogP contribution in [0, 0.1) is 0 Å². The summed E-state index contributed by atoms with van der Waals surface area (Å²) in [6.07, 6.45) is 7.85. The molecule has 0 atom stereocenters. The van der Waals surface area contributed by atoms with E-state index in [4.69, 9.17) is 11.6 Å². The molecule has 25 heavy (non-hydrogen) atoms. The Morgan fingerprint density at radius 3 is 1.76 bits per heavy atom. The van der Waals surface area contributed by atoms with Gasteiger partial charge in [0.15, 0.2) is 0 Å². The van der Waals surface area contributed by atoms with Gasteiger partial charge in [0.2, 0.25) is 0 Å². The monoisotopic (exact) mass is 348 g/mol. The van der Waals surface area contributed by atoms with Crippen molar-refractivity contribution in [1.29, 1.82) is 0 Å². The highest BCUT2D eigenvalue weighted by atomic mass is 35.5. The second kappa shape index (κ2) is 6.95. The van der Waals surface area contributed by atoms with Crippen LogP contribution in [0.15, 0.2) is 79.4 Å². The van der Waals surface area contributed by atoms with Crippen LogP contribution >= 0.6 is 11.6 Å². The van der Waals surface area contributed by atoms with Crippen LogP contribution in [0.5, 0.6) is 0 Å². The molecule has 0 N–H and O–H groups in total. The highest BCUT2D eigenvalue weighted by molar-refractivity contribution is 6.30. The molecule has 5 heteroatoms. The molecule has 0 radical (unpaired) electrons. The Labute approximate surface area is 151 Å². The minimum absolute atomic E-state index is 0.718. The third-order valence-electron chi connectivity index (χ3n) is 4.05. The van der Waals surface area contributed by atoms with E-state index < -0.39 is 0 Å². The van der Waals surface area contributed by atoms with Crippen LogP contribution in [-0.4, -0.2) is 19.6 Å². The van der Waals surface area contributed by atoms with E-state index in [2.05, 4.69) is 28.5 Å². The van der Waals surface area contributed by atoms with Crippen molar-refractivity contribution >= 4 is 11.6 Å². The number of rotatable bonds is 5. The van der Waals surface area contributed by atoms with E-state index in [9.17, 15) is 0 Å². The summed E-state index contributed by atoms with van der Waals surface area (Å²) in [6.45, 7) is 1.48. The Kier molecular flexibility index (Phi) is 4.36. The van der Waals surface area contributed by atoms with Crippen molar-refractivity contribution in [2.45, 2.75) is 13.1 Å². The van der Waals surface area contributed by atoms with Crippen LogP contribution in [0.3, 0.4) is 0 Å². The van der Waals surface area contributed by atoms with Crippen molar-refractivity contribution < 1.29 is 0 Å². The molecule has 0 aliphatic carbocycles. The molecule has 0 fully saturated rings. The number of hydrogen-bond donors (Lipinski definition) is 0. The van der Waals surface area contributed by atoms with Crippen molar-refractivity contribution in [3.05, 3.63) is 95.5 Å². The van der Waals surface area contributed by atoms with Crippen molar-refractivity contribution in [2.75, 3.05) is 0 Å². The van der Waals surface area contributed by atoms with E-state index in [0.29, 0.717) is 0 Å². The summed E-state index contributed by atoms with van der Waals surface area (Å²) < 4.78 is 3.87. The van der Waals surface area contributed by atoms with Gasteiger partial charge in [-0.25, -0.2) is 0 Å². The first-order chi connectivity index (χ1) is 12.3. The maximum absolute atomic E-state index is 5.93.